The number of aromatic hydroxyl groups is 1. The van der Waals surface area contributed by atoms with Crippen LogP contribution in [0.2, 0.25) is 0 Å². The quantitative estimate of drug-likeness (QED) is 0.529. The Labute approximate surface area is 123 Å². The zero-order valence-corrected chi connectivity index (χ0v) is 12.5. The van der Waals surface area contributed by atoms with E-state index in [0.29, 0.717) is 6.54 Å². The molecule has 1 rings (SSSR count). The Hall–Kier alpha value is -2.15. The molecule has 0 saturated heterocycles. The van der Waals surface area contributed by atoms with Crippen LogP contribution < -0.4 is 11.2 Å². The van der Waals surface area contributed by atoms with E-state index in [2.05, 4.69) is 35.3 Å². The zero-order chi connectivity index (χ0) is 15.8. The van der Waals surface area contributed by atoms with Crippen molar-refractivity contribution in [1.82, 2.24) is 14.5 Å². The molecule has 1 heterocycles. The maximum Gasteiger partial charge on any atom is 0.331 e. The number of nitrogens with one attached hydrogen (secondary N) is 1. The molecular formula is C14H22N4O3. The molecule has 0 amide bonds. The number of likely N-dealkylation sites (N-methyl/N-ethyl adjacent to an activating group) is 1. The van der Waals surface area contributed by atoms with Crippen molar-refractivity contribution in [2.75, 3.05) is 26.2 Å². The number of allylic oxidation sites excluding steroid dienone is 1. The lowest BCUT2D eigenvalue weighted by Crippen LogP contribution is -2.32. The maximum absolute atomic E-state index is 11.7. The van der Waals surface area contributed by atoms with Crippen LogP contribution >= 0.6 is 0 Å². The fourth-order valence-corrected chi connectivity index (χ4v) is 1.88. The molecule has 0 spiro atoms. The van der Waals surface area contributed by atoms with Gasteiger partial charge in [0.05, 0.1) is 6.54 Å². The smallest absolute Gasteiger partial charge is 0.331 e. The van der Waals surface area contributed by atoms with Crippen LogP contribution in [-0.4, -0.2) is 52.0 Å². The second kappa shape index (κ2) is 8.21. The molecule has 0 aliphatic carbocycles. The van der Waals surface area contributed by atoms with Crippen molar-refractivity contribution in [3.05, 3.63) is 39.1 Å². The molecule has 7 nitrogen and oxygen atoms in total. The minimum atomic E-state index is -0.669. The summed E-state index contributed by atoms with van der Waals surface area (Å²) >= 11 is 0. The average Bonchev–Trinajstić information content (AvgIpc) is 2.46. The molecule has 1 aromatic rings. The Morgan fingerprint density at radius 3 is 2.62 bits per heavy atom. The highest BCUT2D eigenvalue weighted by atomic mass is 16.3. The molecule has 7 heteroatoms. The minimum absolute atomic E-state index is 0.0176. The van der Waals surface area contributed by atoms with Crippen LogP contribution in [0.1, 0.15) is 19.4 Å². The molecule has 0 bridgehead atoms. The van der Waals surface area contributed by atoms with Crippen LogP contribution in [0, 0.1) is 0 Å². The van der Waals surface area contributed by atoms with Crippen molar-refractivity contribution in [3.8, 4) is 5.88 Å². The van der Waals surface area contributed by atoms with Crippen molar-refractivity contribution in [1.29, 1.82) is 0 Å². The zero-order valence-electron chi connectivity index (χ0n) is 12.5. The van der Waals surface area contributed by atoms with E-state index in [1.807, 2.05) is 0 Å². The molecule has 0 unspecified atom stereocenters. The molecule has 0 saturated carbocycles. The first-order chi connectivity index (χ1) is 10.0. The molecule has 0 aromatic carbocycles. The first kappa shape index (κ1) is 16.9. The molecule has 116 valence electrons. The topological polar surface area (TPSA) is 90.7 Å². The van der Waals surface area contributed by atoms with Gasteiger partial charge in [0.25, 0.3) is 5.56 Å². The summed E-state index contributed by atoms with van der Waals surface area (Å²) in [5, 5.41) is 9.98. The Balaban J connectivity index is 2.93. The van der Waals surface area contributed by atoms with Crippen LogP contribution in [0.15, 0.2) is 27.2 Å². The third kappa shape index (κ3) is 4.42. The van der Waals surface area contributed by atoms with Crippen LogP contribution in [-0.2, 0) is 6.54 Å². The maximum atomic E-state index is 11.7. The van der Waals surface area contributed by atoms with Crippen molar-refractivity contribution in [3.63, 3.8) is 0 Å². The van der Waals surface area contributed by atoms with E-state index in [-0.39, 0.29) is 12.1 Å². The number of aliphatic imine (C=N–C) groups is 1. The largest absolute Gasteiger partial charge is 0.494 e. The molecule has 0 aliphatic rings. The van der Waals surface area contributed by atoms with Crippen LogP contribution in [0.5, 0.6) is 5.88 Å². The van der Waals surface area contributed by atoms with Gasteiger partial charge >= 0.3 is 5.69 Å². The Kier molecular flexibility index (Phi) is 6.61. The standard InChI is InChI=1S/C14H22N4O3/c1-4-8-18-13(20)11(12(19)16-14(18)21)10-15-7-9-17(5-2)6-3/h4,10,20H,1,5-9H2,2-3H3,(H,16,19,21). The highest BCUT2D eigenvalue weighted by Gasteiger charge is 2.11. The van der Waals surface area contributed by atoms with E-state index < -0.39 is 17.1 Å². The second-order valence-corrected chi connectivity index (χ2v) is 4.46. The highest BCUT2D eigenvalue weighted by molar-refractivity contribution is 5.81. The number of nitrogens with zero attached hydrogens (tertiary/aromatic N) is 3. The van der Waals surface area contributed by atoms with Crippen molar-refractivity contribution < 1.29 is 5.11 Å². The summed E-state index contributed by atoms with van der Waals surface area (Å²) in [6, 6.07) is 0. The van der Waals surface area contributed by atoms with Gasteiger partial charge in [-0.3, -0.25) is 19.3 Å². The summed E-state index contributed by atoms with van der Waals surface area (Å²) in [4.78, 5) is 31.7. The van der Waals surface area contributed by atoms with Crippen molar-refractivity contribution in [2.45, 2.75) is 20.4 Å². The molecule has 0 radical (unpaired) electrons. The molecule has 2 N–H and O–H groups in total. The Bertz CT molecular complexity index is 612. The molecular weight excluding hydrogens is 272 g/mol. The normalized spacial score (nSPS) is 11.4. The van der Waals surface area contributed by atoms with Gasteiger partial charge in [0.2, 0.25) is 5.88 Å². The summed E-state index contributed by atoms with van der Waals surface area (Å²) < 4.78 is 1.03. The average molecular weight is 294 g/mol. The number of hydrogen-bond acceptors (Lipinski definition) is 5. The summed E-state index contributed by atoms with van der Waals surface area (Å²) in [7, 11) is 0. The lowest BCUT2D eigenvalue weighted by Gasteiger charge is -2.15. The number of hydrogen-bond donors (Lipinski definition) is 2. The fourth-order valence-electron chi connectivity index (χ4n) is 1.88. The minimum Gasteiger partial charge on any atom is -0.494 e. The first-order valence-electron chi connectivity index (χ1n) is 6.94. The Morgan fingerprint density at radius 1 is 1.38 bits per heavy atom. The molecule has 0 atom stereocenters. The number of H-pyrrole nitrogens is 1. The summed E-state index contributed by atoms with van der Waals surface area (Å²) in [6.45, 7) is 10.9. The van der Waals surface area contributed by atoms with Crippen molar-refractivity contribution >= 4 is 6.21 Å². The SMILES string of the molecule is C=CCn1c(O)c(C=NCCN(CC)CC)c(=O)[nH]c1=O. The van der Waals surface area contributed by atoms with E-state index in [4.69, 9.17) is 0 Å². The monoisotopic (exact) mass is 294 g/mol. The summed E-state index contributed by atoms with van der Waals surface area (Å²) in [5.41, 5.74) is -1.34. The predicted octanol–water partition coefficient (Wildman–Crippen LogP) is 0.189. The lowest BCUT2D eigenvalue weighted by atomic mass is 10.3. The molecule has 0 fully saturated rings. The van der Waals surface area contributed by atoms with Crippen LogP contribution in [0.3, 0.4) is 0 Å². The molecule has 0 aliphatic heterocycles. The third-order valence-electron chi connectivity index (χ3n) is 3.18. The fraction of sp³-hybridized carbons (Fsp3) is 0.500. The van der Waals surface area contributed by atoms with E-state index in [1.165, 1.54) is 12.3 Å². The number of aromatic amines is 1. The summed E-state index contributed by atoms with van der Waals surface area (Å²) in [5.74, 6) is -0.393. The first-order valence-corrected chi connectivity index (χ1v) is 6.94. The van der Waals surface area contributed by atoms with E-state index >= 15 is 0 Å². The number of aromatic nitrogens is 2. The van der Waals surface area contributed by atoms with Gasteiger partial charge < -0.3 is 10.0 Å². The lowest BCUT2D eigenvalue weighted by molar-refractivity contribution is 0.313. The van der Waals surface area contributed by atoms with E-state index in [9.17, 15) is 14.7 Å². The van der Waals surface area contributed by atoms with Gasteiger partial charge in [-0.15, -0.1) is 6.58 Å². The third-order valence-corrected chi connectivity index (χ3v) is 3.18. The van der Waals surface area contributed by atoms with E-state index in [0.717, 1.165) is 24.2 Å². The molecule has 1 aromatic heterocycles. The van der Waals surface area contributed by atoms with Gasteiger partial charge in [-0.05, 0) is 13.1 Å². The van der Waals surface area contributed by atoms with Crippen LogP contribution in [0.4, 0.5) is 0 Å². The van der Waals surface area contributed by atoms with E-state index in [1.54, 1.807) is 0 Å². The predicted molar refractivity (Wildman–Crippen MR) is 83.4 cm³/mol. The Morgan fingerprint density at radius 2 is 2.05 bits per heavy atom. The van der Waals surface area contributed by atoms with Gasteiger partial charge in [-0.1, -0.05) is 19.9 Å². The highest BCUT2D eigenvalue weighted by Crippen LogP contribution is 2.07. The van der Waals surface area contributed by atoms with Gasteiger partial charge in [0.1, 0.15) is 5.56 Å². The van der Waals surface area contributed by atoms with Crippen molar-refractivity contribution in [2.24, 2.45) is 4.99 Å². The van der Waals surface area contributed by atoms with Crippen LogP contribution in [0.25, 0.3) is 0 Å². The second-order valence-electron chi connectivity index (χ2n) is 4.46. The summed E-state index contributed by atoms with van der Waals surface area (Å²) in [6.07, 6.45) is 2.76. The van der Waals surface area contributed by atoms with Gasteiger partial charge in [-0.25, -0.2) is 4.79 Å². The number of rotatable bonds is 8. The van der Waals surface area contributed by atoms with Gasteiger partial charge in [-0.2, -0.15) is 0 Å². The van der Waals surface area contributed by atoms with Gasteiger partial charge in [0.15, 0.2) is 0 Å². The molecule has 21 heavy (non-hydrogen) atoms. The van der Waals surface area contributed by atoms with Gasteiger partial charge in [0, 0.05) is 19.3 Å².